The van der Waals surface area contributed by atoms with Gasteiger partial charge in [-0.2, -0.15) is 0 Å². The van der Waals surface area contributed by atoms with Gasteiger partial charge < -0.3 is 20.3 Å². The van der Waals surface area contributed by atoms with Crippen LogP contribution in [0.4, 0.5) is 10.5 Å². The van der Waals surface area contributed by atoms with Crippen LogP contribution in [0.2, 0.25) is 0 Å². The van der Waals surface area contributed by atoms with E-state index >= 15 is 0 Å². The zero-order valence-electron chi connectivity index (χ0n) is 24.4. The Hall–Kier alpha value is -4.13. The van der Waals surface area contributed by atoms with Crippen molar-refractivity contribution in [3.63, 3.8) is 0 Å². The molecule has 0 saturated carbocycles. The number of ether oxygens (including phenoxy) is 1. The van der Waals surface area contributed by atoms with E-state index in [2.05, 4.69) is 17.2 Å². The summed E-state index contributed by atoms with van der Waals surface area (Å²) in [6, 6.07) is 19.2. The largest absolute Gasteiger partial charge is 0.444 e. The average Bonchev–Trinajstić information content (AvgIpc) is 2.89. The van der Waals surface area contributed by atoms with Crippen LogP contribution in [0.5, 0.6) is 0 Å². The van der Waals surface area contributed by atoms with E-state index in [-0.39, 0.29) is 24.3 Å². The molecule has 3 aromatic carbocycles. The number of amides is 3. The molecule has 212 valence electrons. The Kier molecular flexibility index (Phi) is 10.1. The fraction of sp³-hybridized carbons (Fsp3) is 0.364. The zero-order chi connectivity index (χ0) is 29.4. The molecule has 0 radical (unpaired) electrons. The molecule has 2 N–H and O–H groups in total. The van der Waals surface area contributed by atoms with Gasteiger partial charge in [-0.25, -0.2) is 4.79 Å². The van der Waals surface area contributed by atoms with Crippen molar-refractivity contribution >= 4 is 40.4 Å². The maximum Gasteiger partial charge on any atom is 0.408 e. The Balaban J connectivity index is 1.99. The van der Waals surface area contributed by atoms with Crippen molar-refractivity contribution in [1.29, 1.82) is 0 Å². The second kappa shape index (κ2) is 13.3. The van der Waals surface area contributed by atoms with Gasteiger partial charge >= 0.3 is 6.09 Å². The predicted molar refractivity (Wildman–Crippen MR) is 162 cm³/mol. The number of fused-ring (bicyclic) bond motifs is 1. The highest BCUT2D eigenvalue weighted by atomic mass is 16.6. The summed E-state index contributed by atoms with van der Waals surface area (Å²) in [5.74, 6) is -0.603. The van der Waals surface area contributed by atoms with Gasteiger partial charge in [-0.1, -0.05) is 75.0 Å². The number of rotatable bonds is 10. The molecule has 3 amide bonds. The molecule has 40 heavy (non-hydrogen) atoms. The lowest BCUT2D eigenvalue weighted by Crippen LogP contribution is -2.52. The van der Waals surface area contributed by atoms with Gasteiger partial charge in [0, 0.05) is 12.2 Å². The normalized spacial score (nSPS) is 12.9. The summed E-state index contributed by atoms with van der Waals surface area (Å²) in [7, 11) is 0. The molecule has 7 nitrogen and oxygen atoms in total. The number of nitrogens with zero attached hydrogens (tertiary/aromatic N) is 1. The van der Waals surface area contributed by atoms with Crippen molar-refractivity contribution in [2.75, 3.05) is 11.9 Å². The molecule has 0 aliphatic carbocycles. The van der Waals surface area contributed by atoms with Gasteiger partial charge in [0.1, 0.15) is 17.7 Å². The minimum atomic E-state index is -0.945. The topological polar surface area (TPSA) is 87.7 Å². The Morgan fingerprint density at radius 1 is 0.975 bits per heavy atom. The first-order valence-electron chi connectivity index (χ1n) is 13.7. The lowest BCUT2D eigenvalue weighted by atomic mass is 9.98. The van der Waals surface area contributed by atoms with Crippen LogP contribution in [-0.4, -0.2) is 41.0 Å². The summed E-state index contributed by atoms with van der Waals surface area (Å²) in [6.07, 6.45) is 1.42. The van der Waals surface area contributed by atoms with Crippen molar-refractivity contribution in [1.82, 2.24) is 10.2 Å². The average molecular weight is 544 g/mol. The molecule has 7 heteroatoms. The van der Waals surface area contributed by atoms with Crippen LogP contribution >= 0.6 is 0 Å². The van der Waals surface area contributed by atoms with Gasteiger partial charge in [0.05, 0.1) is 0 Å². The molecular formula is C33H41N3O4. The highest BCUT2D eigenvalue weighted by Gasteiger charge is 2.36. The highest BCUT2D eigenvalue weighted by molar-refractivity contribution is 6.00. The monoisotopic (exact) mass is 543 g/mol. The zero-order valence-corrected chi connectivity index (χ0v) is 24.4. The Bertz CT molecular complexity index is 1360. The molecule has 0 aliphatic heterocycles. The maximum absolute atomic E-state index is 14.1. The third-order valence-corrected chi connectivity index (χ3v) is 6.36. The third-order valence-electron chi connectivity index (χ3n) is 6.36. The van der Waals surface area contributed by atoms with Gasteiger partial charge in [-0.15, -0.1) is 0 Å². The van der Waals surface area contributed by atoms with E-state index in [1.165, 1.54) is 4.90 Å². The number of carbonyl (C=O) groups is 3. The van der Waals surface area contributed by atoms with E-state index in [0.29, 0.717) is 17.7 Å². The maximum atomic E-state index is 14.1. The van der Waals surface area contributed by atoms with Crippen LogP contribution in [-0.2, 0) is 14.3 Å². The summed E-state index contributed by atoms with van der Waals surface area (Å²) in [5, 5.41) is 7.83. The van der Waals surface area contributed by atoms with Gasteiger partial charge in [-0.05, 0) is 80.1 Å². The summed E-state index contributed by atoms with van der Waals surface area (Å²) in [6.45, 7) is 15.2. The summed E-state index contributed by atoms with van der Waals surface area (Å²) < 4.78 is 5.44. The van der Waals surface area contributed by atoms with Crippen molar-refractivity contribution in [3.05, 3.63) is 84.4 Å². The Morgan fingerprint density at radius 3 is 2.30 bits per heavy atom. The summed E-state index contributed by atoms with van der Waals surface area (Å²) in [4.78, 5) is 42.2. The first kappa shape index (κ1) is 30.4. The second-order valence-electron chi connectivity index (χ2n) is 11.3. The molecule has 3 rings (SSSR count). The molecule has 0 aliphatic rings. The van der Waals surface area contributed by atoms with Crippen molar-refractivity contribution in [2.24, 2.45) is 5.92 Å². The SMILES string of the molecule is C=Cc1cccc(C(C(=O)Nc2ccc3ccccc3c2)N(CC)C(=O)C(CC(C)C)NC(=O)OC(C)(C)C)c1. The number of hydrogen-bond acceptors (Lipinski definition) is 4. The molecule has 2 unspecified atom stereocenters. The molecule has 0 aromatic heterocycles. The lowest BCUT2D eigenvalue weighted by molar-refractivity contribution is -0.140. The molecule has 0 bridgehead atoms. The molecule has 0 heterocycles. The van der Waals surface area contributed by atoms with E-state index in [9.17, 15) is 14.4 Å². The molecular weight excluding hydrogens is 502 g/mol. The van der Waals surface area contributed by atoms with E-state index in [0.717, 1.165) is 16.3 Å². The number of alkyl carbamates (subject to hydrolysis) is 1. The fourth-order valence-corrected chi connectivity index (χ4v) is 4.62. The van der Waals surface area contributed by atoms with Crippen LogP contribution in [0.25, 0.3) is 16.8 Å². The molecule has 3 aromatic rings. The fourth-order valence-electron chi connectivity index (χ4n) is 4.62. The number of nitrogens with one attached hydrogen (secondary N) is 2. The summed E-state index contributed by atoms with van der Waals surface area (Å²) >= 11 is 0. The van der Waals surface area contributed by atoms with Crippen LogP contribution < -0.4 is 10.6 Å². The van der Waals surface area contributed by atoms with Crippen LogP contribution in [0.1, 0.15) is 65.1 Å². The Labute approximate surface area is 237 Å². The van der Waals surface area contributed by atoms with E-state index in [1.54, 1.807) is 26.8 Å². The van der Waals surface area contributed by atoms with Crippen LogP contribution in [0, 0.1) is 5.92 Å². The van der Waals surface area contributed by atoms with Gasteiger partial charge in [0.2, 0.25) is 5.91 Å². The standard InChI is InChI=1S/C33H41N3O4/c1-8-23-13-12-16-26(20-23)29(30(37)34-27-18-17-24-14-10-11-15-25(24)21-27)36(9-2)31(38)28(19-22(3)4)35-32(39)40-33(5,6)7/h8,10-18,20-22,28-29H,1,9,19H2,2-7H3,(H,34,37)(H,35,39). The van der Waals surface area contributed by atoms with E-state index < -0.39 is 23.8 Å². The van der Waals surface area contributed by atoms with Crippen molar-refractivity contribution in [2.45, 2.75) is 65.6 Å². The molecule has 0 fully saturated rings. The minimum Gasteiger partial charge on any atom is -0.444 e. The van der Waals surface area contributed by atoms with Gasteiger partial charge in [-0.3, -0.25) is 9.59 Å². The van der Waals surface area contributed by atoms with Gasteiger partial charge in [0.25, 0.3) is 5.91 Å². The smallest absolute Gasteiger partial charge is 0.408 e. The number of carbonyl (C=O) groups excluding carboxylic acids is 3. The Morgan fingerprint density at radius 2 is 1.68 bits per heavy atom. The number of likely N-dealkylation sites (N-methyl/N-ethyl adjacent to an activating group) is 1. The lowest BCUT2D eigenvalue weighted by Gasteiger charge is -2.34. The first-order valence-corrected chi connectivity index (χ1v) is 13.7. The quantitative estimate of drug-likeness (QED) is 0.290. The van der Waals surface area contributed by atoms with Crippen molar-refractivity contribution in [3.8, 4) is 0 Å². The molecule has 2 atom stereocenters. The van der Waals surface area contributed by atoms with E-state index in [1.807, 2.05) is 87.5 Å². The number of anilines is 1. The van der Waals surface area contributed by atoms with Crippen LogP contribution in [0.3, 0.4) is 0 Å². The predicted octanol–water partition coefficient (Wildman–Crippen LogP) is 6.95. The molecule has 0 saturated heterocycles. The minimum absolute atomic E-state index is 0.108. The highest BCUT2D eigenvalue weighted by Crippen LogP contribution is 2.27. The van der Waals surface area contributed by atoms with E-state index in [4.69, 9.17) is 4.74 Å². The first-order chi connectivity index (χ1) is 18.9. The number of benzene rings is 3. The second-order valence-corrected chi connectivity index (χ2v) is 11.3. The number of hydrogen-bond donors (Lipinski definition) is 2. The van der Waals surface area contributed by atoms with Crippen LogP contribution in [0.15, 0.2) is 73.3 Å². The molecule has 0 spiro atoms. The third kappa shape index (κ3) is 8.18. The van der Waals surface area contributed by atoms with Crippen molar-refractivity contribution < 1.29 is 19.1 Å². The summed E-state index contributed by atoms with van der Waals surface area (Å²) in [5.41, 5.74) is 1.39. The van der Waals surface area contributed by atoms with Gasteiger partial charge in [0.15, 0.2) is 0 Å².